The van der Waals surface area contributed by atoms with Gasteiger partial charge in [-0.1, -0.05) is 23.5 Å². The van der Waals surface area contributed by atoms with Gasteiger partial charge in [0.2, 0.25) is 5.91 Å². The number of imidazole rings is 1. The minimum atomic E-state index is -0.457. The molecule has 0 aliphatic carbocycles. The number of carbonyl (C=O) groups excluding carboxylic acids is 1. The summed E-state index contributed by atoms with van der Waals surface area (Å²) in [7, 11) is 0. The summed E-state index contributed by atoms with van der Waals surface area (Å²) >= 11 is 1.51. The summed E-state index contributed by atoms with van der Waals surface area (Å²) < 4.78 is 1.07. The molecule has 1 atom stereocenters. The predicted octanol–water partition coefficient (Wildman–Crippen LogP) is 2.91. The number of benzene rings is 2. The SMILES string of the molecule is CC(Nc1nc2ccccc2s1)C(=O)Nc1ccc2[nH]c(=O)[nH]c2c1. The lowest BCUT2D eigenvalue weighted by Crippen LogP contribution is -2.31. The molecule has 1 unspecified atom stereocenters. The van der Waals surface area contributed by atoms with Crippen molar-refractivity contribution in [3.05, 3.63) is 52.9 Å². The highest BCUT2D eigenvalue weighted by Gasteiger charge is 2.15. The van der Waals surface area contributed by atoms with Crippen LogP contribution in [0.15, 0.2) is 47.3 Å². The van der Waals surface area contributed by atoms with Crippen LogP contribution in [0, 0.1) is 0 Å². The standard InChI is InChI=1S/C17H15N5O2S/c1-9(18-17-22-12-4-2-3-5-14(12)25-17)15(23)19-10-6-7-11-13(8-10)21-16(24)20-11/h2-9H,1H3,(H,18,22)(H,19,23)(H2,20,21,24). The molecule has 2 aromatic heterocycles. The van der Waals surface area contributed by atoms with Gasteiger partial charge in [-0.25, -0.2) is 9.78 Å². The Hall–Kier alpha value is -3.13. The summed E-state index contributed by atoms with van der Waals surface area (Å²) in [5.74, 6) is -0.184. The maximum atomic E-state index is 12.4. The summed E-state index contributed by atoms with van der Waals surface area (Å²) in [5, 5.41) is 6.66. The van der Waals surface area contributed by atoms with Crippen molar-refractivity contribution in [2.24, 2.45) is 0 Å². The first-order chi connectivity index (χ1) is 12.1. The molecule has 0 saturated carbocycles. The third-order valence-electron chi connectivity index (χ3n) is 3.81. The fourth-order valence-corrected chi connectivity index (χ4v) is 3.50. The first-order valence-corrected chi connectivity index (χ1v) is 8.55. The van der Waals surface area contributed by atoms with Crippen molar-refractivity contribution in [3.63, 3.8) is 0 Å². The van der Waals surface area contributed by atoms with Crippen LogP contribution in [0.4, 0.5) is 10.8 Å². The Kier molecular flexibility index (Phi) is 3.73. The van der Waals surface area contributed by atoms with E-state index in [1.54, 1.807) is 25.1 Å². The predicted molar refractivity (Wildman–Crippen MR) is 100 cm³/mol. The molecule has 0 spiro atoms. The third-order valence-corrected chi connectivity index (χ3v) is 4.78. The Morgan fingerprint density at radius 2 is 1.96 bits per heavy atom. The van der Waals surface area contributed by atoms with Gasteiger partial charge in [0, 0.05) is 5.69 Å². The van der Waals surface area contributed by atoms with Crippen LogP contribution in [0.2, 0.25) is 0 Å². The van der Waals surface area contributed by atoms with Crippen LogP contribution in [-0.2, 0) is 4.79 Å². The zero-order valence-corrected chi connectivity index (χ0v) is 14.1. The Morgan fingerprint density at radius 1 is 1.16 bits per heavy atom. The van der Waals surface area contributed by atoms with E-state index in [4.69, 9.17) is 0 Å². The van der Waals surface area contributed by atoms with Gasteiger partial charge in [-0.05, 0) is 37.3 Å². The molecular weight excluding hydrogens is 338 g/mol. The maximum Gasteiger partial charge on any atom is 0.323 e. The molecule has 0 radical (unpaired) electrons. The van der Waals surface area contributed by atoms with E-state index in [9.17, 15) is 9.59 Å². The molecule has 2 aromatic carbocycles. The number of nitrogens with zero attached hydrogens (tertiary/aromatic N) is 1. The van der Waals surface area contributed by atoms with Crippen LogP contribution in [0.3, 0.4) is 0 Å². The molecule has 4 N–H and O–H groups in total. The second-order valence-corrected chi connectivity index (χ2v) is 6.71. The Bertz CT molecular complexity index is 1090. The number of nitrogens with one attached hydrogen (secondary N) is 4. The van der Waals surface area contributed by atoms with Crippen molar-refractivity contribution in [1.82, 2.24) is 15.0 Å². The number of fused-ring (bicyclic) bond motifs is 2. The smallest absolute Gasteiger partial charge is 0.323 e. The van der Waals surface area contributed by atoms with Crippen LogP contribution in [-0.4, -0.2) is 26.9 Å². The molecule has 4 aromatic rings. The molecule has 25 heavy (non-hydrogen) atoms. The van der Waals surface area contributed by atoms with E-state index in [2.05, 4.69) is 25.6 Å². The average Bonchev–Trinajstić information content (AvgIpc) is 3.15. The zero-order chi connectivity index (χ0) is 17.4. The molecule has 0 aliphatic rings. The second-order valence-electron chi connectivity index (χ2n) is 5.68. The van der Waals surface area contributed by atoms with Gasteiger partial charge in [0.1, 0.15) is 6.04 Å². The van der Waals surface area contributed by atoms with Gasteiger partial charge in [0.15, 0.2) is 5.13 Å². The summed E-state index contributed by atoms with van der Waals surface area (Å²) in [4.78, 5) is 33.5. The Morgan fingerprint density at radius 3 is 2.80 bits per heavy atom. The van der Waals surface area contributed by atoms with Crippen molar-refractivity contribution in [2.45, 2.75) is 13.0 Å². The van der Waals surface area contributed by atoms with Gasteiger partial charge >= 0.3 is 5.69 Å². The lowest BCUT2D eigenvalue weighted by molar-refractivity contribution is -0.116. The van der Waals surface area contributed by atoms with Crippen LogP contribution < -0.4 is 16.3 Å². The van der Waals surface area contributed by atoms with Crippen LogP contribution in [0.1, 0.15) is 6.92 Å². The Labute approximate surface area is 146 Å². The molecule has 1 amide bonds. The number of para-hydroxylation sites is 1. The highest BCUT2D eigenvalue weighted by molar-refractivity contribution is 7.22. The number of aromatic nitrogens is 3. The van der Waals surface area contributed by atoms with Gasteiger partial charge in [-0.15, -0.1) is 0 Å². The number of aromatic amines is 2. The fraction of sp³-hybridized carbons (Fsp3) is 0.118. The van der Waals surface area contributed by atoms with Crippen LogP contribution in [0.5, 0.6) is 0 Å². The van der Waals surface area contributed by atoms with Crippen molar-refractivity contribution in [3.8, 4) is 0 Å². The van der Waals surface area contributed by atoms with E-state index in [0.29, 0.717) is 21.9 Å². The summed E-state index contributed by atoms with van der Waals surface area (Å²) in [5.41, 5.74) is 2.60. The van der Waals surface area contributed by atoms with Crippen LogP contribution >= 0.6 is 11.3 Å². The van der Waals surface area contributed by atoms with Gasteiger partial charge in [-0.3, -0.25) is 4.79 Å². The second kappa shape index (κ2) is 6.06. The van der Waals surface area contributed by atoms with E-state index >= 15 is 0 Å². The first-order valence-electron chi connectivity index (χ1n) is 7.73. The average molecular weight is 353 g/mol. The van der Waals surface area contributed by atoms with Crippen molar-refractivity contribution >= 4 is 49.3 Å². The van der Waals surface area contributed by atoms with Gasteiger partial charge in [0.25, 0.3) is 0 Å². The van der Waals surface area contributed by atoms with Crippen molar-refractivity contribution < 1.29 is 4.79 Å². The van der Waals surface area contributed by atoms with Gasteiger partial charge < -0.3 is 20.6 Å². The van der Waals surface area contributed by atoms with E-state index in [1.807, 2.05) is 24.3 Å². The lowest BCUT2D eigenvalue weighted by Gasteiger charge is -2.13. The molecule has 4 rings (SSSR count). The summed E-state index contributed by atoms with van der Waals surface area (Å²) in [6, 6.07) is 12.6. The van der Waals surface area contributed by atoms with E-state index < -0.39 is 6.04 Å². The topological polar surface area (TPSA) is 103 Å². The number of hydrogen-bond acceptors (Lipinski definition) is 5. The van der Waals surface area contributed by atoms with Crippen molar-refractivity contribution in [1.29, 1.82) is 0 Å². The molecule has 126 valence electrons. The maximum absolute atomic E-state index is 12.4. The van der Waals surface area contributed by atoms with Gasteiger partial charge in [0.05, 0.1) is 21.3 Å². The molecule has 0 aliphatic heterocycles. The normalized spacial score (nSPS) is 12.4. The number of rotatable bonds is 4. The molecule has 2 heterocycles. The molecule has 0 fully saturated rings. The first kappa shape index (κ1) is 15.4. The highest BCUT2D eigenvalue weighted by atomic mass is 32.1. The number of thiazole rings is 1. The number of H-pyrrole nitrogens is 2. The number of carbonyl (C=O) groups is 1. The largest absolute Gasteiger partial charge is 0.350 e. The minimum absolute atomic E-state index is 0.184. The van der Waals surface area contributed by atoms with Crippen LogP contribution in [0.25, 0.3) is 21.3 Å². The minimum Gasteiger partial charge on any atom is -0.350 e. The Balaban J connectivity index is 1.48. The fourth-order valence-electron chi connectivity index (χ4n) is 2.55. The lowest BCUT2D eigenvalue weighted by atomic mass is 10.2. The molecule has 0 saturated heterocycles. The number of hydrogen-bond donors (Lipinski definition) is 4. The zero-order valence-electron chi connectivity index (χ0n) is 13.3. The third kappa shape index (κ3) is 3.11. The monoisotopic (exact) mass is 353 g/mol. The summed E-state index contributed by atoms with van der Waals surface area (Å²) in [6.07, 6.45) is 0. The van der Waals surface area contributed by atoms with E-state index in [0.717, 1.165) is 10.2 Å². The summed E-state index contributed by atoms with van der Waals surface area (Å²) in [6.45, 7) is 1.78. The highest BCUT2D eigenvalue weighted by Crippen LogP contribution is 2.26. The van der Waals surface area contributed by atoms with E-state index in [1.165, 1.54) is 11.3 Å². The van der Waals surface area contributed by atoms with E-state index in [-0.39, 0.29) is 11.6 Å². The number of amides is 1. The number of anilines is 2. The van der Waals surface area contributed by atoms with Crippen molar-refractivity contribution in [2.75, 3.05) is 10.6 Å². The molecule has 7 nitrogen and oxygen atoms in total. The molecule has 8 heteroatoms. The molecule has 0 bridgehead atoms. The quantitative estimate of drug-likeness (QED) is 0.453. The molecular formula is C17H15N5O2S. The van der Waals surface area contributed by atoms with Gasteiger partial charge in [-0.2, -0.15) is 0 Å².